The Bertz CT molecular complexity index is 1050. The summed E-state index contributed by atoms with van der Waals surface area (Å²) >= 11 is 0. The Morgan fingerprint density at radius 1 is 0.692 bits per heavy atom. The van der Waals surface area contributed by atoms with Gasteiger partial charge in [0.15, 0.2) is 11.6 Å². The first-order valence-electron chi connectivity index (χ1n) is 9.07. The van der Waals surface area contributed by atoms with E-state index in [4.69, 9.17) is 10.1 Å². The lowest BCUT2D eigenvalue weighted by Crippen LogP contribution is -2.00. The van der Waals surface area contributed by atoms with Gasteiger partial charge in [-0.25, -0.2) is 9.67 Å². The minimum atomic E-state index is 0.802. The summed E-state index contributed by atoms with van der Waals surface area (Å²) in [6, 6.07) is 27.5. The van der Waals surface area contributed by atoms with Crippen molar-refractivity contribution in [2.45, 2.75) is 19.4 Å². The molecule has 5 rings (SSSR count). The molecule has 0 saturated heterocycles. The molecule has 0 aliphatic carbocycles. The number of hydrogen-bond donors (Lipinski definition) is 0. The first kappa shape index (κ1) is 15.1. The molecule has 3 aromatic carbocycles. The number of benzene rings is 3. The van der Waals surface area contributed by atoms with Crippen LogP contribution in [0.1, 0.15) is 12.0 Å². The van der Waals surface area contributed by atoms with Crippen LogP contribution in [0.3, 0.4) is 0 Å². The zero-order valence-corrected chi connectivity index (χ0v) is 14.5. The van der Waals surface area contributed by atoms with E-state index in [0.29, 0.717) is 0 Å². The molecule has 26 heavy (non-hydrogen) atoms. The molecule has 0 amide bonds. The van der Waals surface area contributed by atoms with Crippen molar-refractivity contribution in [3.63, 3.8) is 0 Å². The van der Waals surface area contributed by atoms with Gasteiger partial charge in [-0.15, -0.1) is 0 Å². The maximum Gasteiger partial charge on any atom is 0.181 e. The van der Waals surface area contributed by atoms with Gasteiger partial charge in [0.1, 0.15) is 0 Å². The van der Waals surface area contributed by atoms with Gasteiger partial charge in [0.2, 0.25) is 0 Å². The van der Waals surface area contributed by atoms with Crippen molar-refractivity contribution >= 4 is 0 Å². The Labute approximate surface area is 153 Å². The van der Waals surface area contributed by atoms with Crippen LogP contribution in [0.15, 0.2) is 78.9 Å². The van der Waals surface area contributed by atoms with Crippen molar-refractivity contribution in [3.05, 3.63) is 84.4 Å². The minimum Gasteiger partial charge on any atom is -0.245 e. The maximum atomic E-state index is 4.88. The molecule has 0 N–H and O–H groups in total. The molecule has 0 spiro atoms. The standard InChI is InChI=1S/C23H19N3/c1-2-7-17(8-3-1)18-12-14-20(15-13-18)22-24-23-21-11-5-4-9-19(21)10-6-16-26(23)25-22/h1-5,7-9,11-15H,6,10,16H2. The average Bonchev–Trinajstić information content (AvgIpc) is 3.05. The van der Waals surface area contributed by atoms with Gasteiger partial charge in [0.05, 0.1) is 0 Å². The zero-order chi connectivity index (χ0) is 17.3. The molecule has 0 atom stereocenters. The van der Waals surface area contributed by atoms with E-state index in [0.717, 1.165) is 36.6 Å². The fourth-order valence-electron chi connectivity index (χ4n) is 3.64. The van der Waals surface area contributed by atoms with E-state index in [-0.39, 0.29) is 0 Å². The quantitative estimate of drug-likeness (QED) is 0.502. The highest BCUT2D eigenvalue weighted by Gasteiger charge is 2.18. The first-order chi connectivity index (χ1) is 12.9. The van der Waals surface area contributed by atoms with Crippen molar-refractivity contribution in [1.29, 1.82) is 0 Å². The lowest BCUT2D eigenvalue weighted by atomic mass is 10.0. The summed E-state index contributed by atoms with van der Waals surface area (Å²) < 4.78 is 2.06. The van der Waals surface area contributed by atoms with Crippen LogP contribution in [0.25, 0.3) is 33.9 Å². The Morgan fingerprint density at radius 3 is 2.23 bits per heavy atom. The second-order valence-electron chi connectivity index (χ2n) is 6.69. The summed E-state index contributed by atoms with van der Waals surface area (Å²) in [4.78, 5) is 4.88. The van der Waals surface area contributed by atoms with E-state index < -0.39 is 0 Å². The predicted molar refractivity (Wildman–Crippen MR) is 105 cm³/mol. The van der Waals surface area contributed by atoms with Crippen LogP contribution in [0.5, 0.6) is 0 Å². The van der Waals surface area contributed by atoms with E-state index >= 15 is 0 Å². The second kappa shape index (κ2) is 6.26. The second-order valence-corrected chi connectivity index (χ2v) is 6.69. The van der Waals surface area contributed by atoms with Crippen LogP contribution in [-0.4, -0.2) is 14.8 Å². The third kappa shape index (κ3) is 2.62. The molecule has 0 unspecified atom stereocenters. The molecule has 3 nitrogen and oxygen atoms in total. The van der Waals surface area contributed by atoms with Crippen LogP contribution < -0.4 is 0 Å². The van der Waals surface area contributed by atoms with Gasteiger partial charge in [-0.1, -0.05) is 78.9 Å². The number of aryl methyl sites for hydroxylation is 2. The molecule has 0 bridgehead atoms. The SMILES string of the molecule is c1ccc(-c2ccc(-c3nc4n(n3)CCCc3ccccc3-4)cc2)cc1. The van der Waals surface area contributed by atoms with Gasteiger partial charge in [-0.2, -0.15) is 5.10 Å². The highest BCUT2D eigenvalue weighted by atomic mass is 15.3. The molecule has 0 radical (unpaired) electrons. The van der Waals surface area contributed by atoms with Gasteiger partial charge in [0.25, 0.3) is 0 Å². The van der Waals surface area contributed by atoms with Crippen molar-refractivity contribution in [2.75, 3.05) is 0 Å². The van der Waals surface area contributed by atoms with Gasteiger partial charge in [-0.3, -0.25) is 0 Å². The van der Waals surface area contributed by atoms with Gasteiger partial charge in [-0.05, 0) is 29.5 Å². The monoisotopic (exact) mass is 337 g/mol. The third-order valence-electron chi connectivity index (χ3n) is 5.00. The Hall–Kier alpha value is -3.20. The van der Waals surface area contributed by atoms with Crippen molar-refractivity contribution < 1.29 is 0 Å². The van der Waals surface area contributed by atoms with Crippen LogP contribution in [0, 0.1) is 0 Å². The topological polar surface area (TPSA) is 30.7 Å². The number of nitrogens with zero attached hydrogens (tertiary/aromatic N) is 3. The highest BCUT2D eigenvalue weighted by Crippen LogP contribution is 2.30. The summed E-state index contributed by atoms with van der Waals surface area (Å²) in [5, 5.41) is 4.79. The van der Waals surface area contributed by atoms with Crippen molar-refractivity contribution in [2.24, 2.45) is 0 Å². The van der Waals surface area contributed by atoms with Crippen LogP contribution in [0.4, 0.5) is 0 Å². The van der Waals surface area contributed by atoms with Crippen molar-refractivity contribution in [1.82, 2.24) is 14.8 Å². The minimum absolute atomic E-state index is 0.802. The number of hydrogen-bond acceptors (Lipinski definition) is 2. The van der Waals surface area contributed by atoms with Crippen LogP contribution >= 0.6 is 0 Å². The largest absolute Gasteiger partial charge is 0.245 e. The molecule has 2 heterocycles. The lowest BCUT2D eigenvalue weighted by Gasteiger charge is -2.03. The fraction of sp³-hybridized carbons (Fsp3) is 0.130. The van der Waals surface area contributed by atoms with E-state index in [9.17, 15) is 0 Å². The van der Waals surface area contributed by atoms with Gasteiger partial charge in [0, 0.05) is 17.7 Å². The van der Waals surface area contributed by atoms with Crippen LogP contribution in [-0.2, 0) is 13.0 Å². The molecule has 4 aromatic rings. The number of fused-ring (bicyclic) bond motifs is 3. The predicted octanol–water partition coefficient (Wildman–Crippen LogP) is 5.23. The summed E-state index contributed by atoms with van der Waals surface area (Å²) in [5.74, 6) is 1.79. The molecular weight excluding hydrogens is 318 g/mol. The van der Waals surface area contributed by atoms with E-state index in [1.54, 1.807) is 0 Å². The Morgan fingerprint density at radius 2 is 1.38 bits per heavy atom. The molecule has 0 fully saturated rings. The number of rotatable bonds is 2. The highest BCUT2D eigenvalue weighted by molar-refractivity contribution is 5.69. The number of aromatic nitrogens is 3. The molecule has 1 aliphatic rings. The lowest BCUT2D eigenvalue weighted by molar-refractivity contribution is 0.595. The van der Waals surface area contributed by atoms with Crippen LogP contribution in [0.2, 0.25) is 0 Å². The fourth-order valence-corrected chi connectivity index (χ4v) is 3.64. The van der Waals surface area contributed by atoms with E-state index in [1.165, 1.54) is 22.3 Å². The third-order valence-corrected chi connectivity index (χ3v) is 5.00. The summed E-state index contributed by atoms with van der Waals surface area (Å²) in [6.45, 7) is 0.916. The molecule has 3 heteroatoms. The summed E-state index contributed by atoms with van der Waals surface area (Å²) in [5.41, 5.74) is 6.07. The Balaban J connectivity index is 1.53. The molecular formula is C23H19N3. The maximum absolute atomic E-state index is 4.88. The normalized spacial score (nSPS) is 12.9. The smallest absolute Gasteiger partial charge is 0.181 e. The van der Waals surface area contributed by atoms with Crippen molar-refractivity contribution in [3.8, 4) is 33.9 Å². The summed E-state index contributed by atoms with van der Waals surface area (Å²) in [7, 11) is 0. The average molecular weight is 337 g/mol. The summed E-state index contributed by atoms with van der Waals surface area (Å²) in [6.07, 6.45) is 2.18. The molecule has 1 aliphatic heterocycles. The molecule has 0 saturated carbocycles. The zero-order valence-electron chi connectivity index (χ0n) is 14.5. The molecule has 126 valence electrons. The molecule has 1 aromatic heterocycles. The van der Waals surface area contributed by atoms with Gasteiger partial charge < -0.3 is 0 Å². The first-order valence-corrected chi connectivity index (χ1v) is 9.07. The van der Waals surface area contributed by atoms with Gasteiger partial charge >= 0.3 is 0 Å². The van der Waals surface area contributed by atoms with E-state index in [1.807, 2.05) is 6.07 Å². The Kier molecular flexibility index (Phi) is 3.64. The van der Waals surface area contributed by atoms with E-state index in [2.05, 4.69) is 77.5 Å².